The summed E-state index contributed by atoms with van der Waals surface area (Å²) in [7, 11) is 0. The van der Waals surface area contributed by atoms with Gasteiger partial charge in [0.2, 0.25) is 5.91 Å². The molecule has 146 valence electrons. The zero-order valence-electron chi connectivity index (χ0n) is 16.9. The summed E-state index contributed by atoms with van der Waals surface area (Å²) in [6.45, 7) is 9.23. The van der Waals surface area contributed by atoms with E-state index in [9.17, 15) is 4.79 Å². The largest absolute Gasteiger partial charge is 0.490 e. The SMILES string of the molecule is CCOc1ccc(CCC(=O)NC(C)c2ccc(CC)cc2)cc1OCC. The number of rotatable bonds is 10. The van der Waals surface area contributed by atoms with Gasteiger partial charge in [-0.25, -0.2) is 0 Å². The van der Waals surface area contributed by atoms with Gasteiger partial charge in [-0.2, -0.15) is 0 Å². The normalized spacial score (nSPS) is 11.7. The number of benzene rings is 2. The number of nitrogens with one attached hydrogen (secondary N) is 1. The van der Waals surface area contributed by atoms with Gasteiger partial charge in [-0.3, -0.25) is 4.79 Å². The molecule has 1 unspecified atom stereocenters. The van der Waals surface area contributed by atoms with Crippen LogP contribution < -0.4 is 14.8 Å². The summed E-state index contributed by atoms with van der Waals surface area (Å²) in [5.74, 6) is 1.53. The first-order chi connectivity index (χ1) is 13.1. The maximum atomic E-state index is 12.3. The summed E-state index contributed by atoms with van der Waals surface area (Å²) in [5, 5.41) is 3.08. The molecule has 2 rings (SSSR count). The van der Waals surface area contributed by atoms with E-state index in [1.165, 1.54) is 5.56 Å². The third-order valence-electron chi connectivity index (χ3n) is 4.51. The van der Waals surface area contributed by atoms with Gasteiger partial charge >= 0.3 is 0 Å². The van der Waals surface area contributed by atoms with Crippen LogP contribution in [0.2, 0.25) is 0 Å². The predicted molar refractivity (Wildman–Crippen MR) is 109 cm³/mol. The van der Waals surface area contributed by atoms with Crippen molar-refractivity contribution in [2.24, 2.45) is 0 Å². The van der Waals surface area contributed by atoms with Gasteiger partial charge < -0.3 is 14.8 Å². The van der Waals surface area contributed by atoms with Crippen LogP contribution in [0.4, 0.5) is 0 Å². The quantitative estimate of drug-likeness (QED) is 0.651. The Morgan fingerprint density at radius 1 is 0.926 bits per heavy atom. The van der Waals surface area contributed by atoms with Gasteiger partial charge in [0.05, 0.1) is 19.3 Å². The van der Waals surface area contributed by atoms with Crippen LogP contribution in [0.1, 0.15) is 56.8 Å². The van der Waals surface area contributed by atoms with E-state index in [-0.39, 0.29) is 11.9 Å². The van der Waals surface area contributed by atoms with E-state index in [2.05, 4.69) is 36.5 Å². The van der Waals surface area contributed by atoms with Crippen molar-refractivity contribution < 1.29 is 14.3 Å². The molecule has 1 atom stereocenters. The van der Waals surface area contributed by atoms with E-state index in [1.54, 1.807) is 0 Å². The van der Waals surface area contributed by atoms with Crippen LogP contribution in [0.5, 0.6) is 11.5 Å². The first-order valence-corrected chi connectivity index (χ1v) is 9.84. The van der Waals surface area contributed by atoms with E-state index in [4.69, 9.17) is 9.47 Å². The summed E-state index contributed by atoms with van der Waals surface area (Å²) in [6, 6.07) is 14.3. The molecule has 0 saturated heterocycles. The molecule has 0 bridgehead atoms. The molecule has 0 saturated carbocycles. The van der Waals surface area contributed by atoms with Gasteiger partial charge in [-0.1, -0.05) is 37.3 Å². The number of aryl methyl sites for hydroxylation is 2. The van der Waals surface area contributed by atoms with Gasteiger partial charge in [0.1, 0.15) is 0 Å². The van der Waals surface area contributed by atoms with Crippen molar-refractivity contribution >= 4 is 5.91 Å². The van der Waals surface area contributed by atoms with E-state index < -0.39 is 0 Å². The monoisotopic (exact) mass is 369 g/mol. The average Bonchev–Trinajstić information content (AvgIpc) is 2.68. The molecular formula is C23H31NO3. The third kappa shape index (κ3) is 6.31. The molecule has 2 aromatic rings. The Labute approximate surface area is 162 Å². The highest BCUT2D eigenvalue weighted by atomic mass is 16.5. The second-order valence-electron chi connectivity index (χ2n) is 6.53. The van der Waals surface area contributed by atoms with Crippen LogP contribution in [-0.2, 0) is 17.6 Å². The zero-order chi connectivity index (χ0) is 19.6. The molecule has 0 aliphatic heterocycles. The smallest absolute Gasteiger partial charge is 0.220 e. The number of ether oxygens (including phenoxy) is 2. The minimum absolute atomic E-state index is 0.00252. The Morgan fingerprint density at radius 2 is 1.56 bits per heavy atom. The van der Waals surface area contributed by atoms with E-state index in [1.807, 2.05) is 39.0 Å². The molecule has 0 spiro atoms. The summed E-state index contributed by atoms with van der Waals surface area (Å²) >= 11 is 0. The molecular weight excluding hydrogens is 338 g/mol. The van der Waals surface area contributed by atoms with Gasteiger partial charge in [0, 0.05) is 6.42 Å². The highest BCUT2D eigenvalue weighted by Gasteiger charge is 2.11. The van der Waals surface area contributed by atoms with Gasteiger partial charge in [0.25, 0.3) is 0 Å². The van der Waals surface area contributed by atoms with Crippen LogP contribution in [0.3, 0.4) is 0 Å². The van der Waals surface area contributed by atoms with E-state index in [0.29, 0.717) is 26.1 Å². The molecule has 0 aliphatic rings. The maximum absolute atomic E-state index is 12.3. The topological polar surface area (TPSA) is 47.6 Å². The van der Waals surface area contributed by atoms with Crippen LogP contribution in [0, 0.1) is 0 Å². The fourth-order valence-corrected chi connectivity index (χ4v) is 2.95. The van der Waals surface area contributed by atoms with Crippen molar-refractivity contribution in [2.75, 3.05) is 13.2 Å². The van der Waals surface area contributed by atoms with E-state index in [0.717, 1.165) is 29.0 Å². The number of hydrogen-bond acceptors (Lipinski definition) is 3. The molecule has 0 aromatic heterocycles. The number of carbonyl (C=O) groups is 1. The summed E-state index contributed by atoms with van der Waals surface area (Å²) in [5.41, 5.74) is 3.50. The molecule has 1 N–H and O–H groups in total. The predicted octanol–water partition coefficient (Wildman–Crippen LogP) is 4.86. The molecule has 0 aliphatic carbocycles. The second-order valence-corrected chi connectivity index (χ2v) is 6.53. The number of carbonyl (C=O) groups excluding carboxylic acids is 1. The Kier molecular flexibility index (Phi) is 8.18. The van der Waals surface area contributed by atoms with Crippen LogP contribution in [-0.4, -0.2) is 19.1 Å². The number of amides is 1. The maximum Gasteiger partial charge on any atom is 0.220 e. The molecule has 0 fully saturated rings. The molecule has 0 heterocycles. The molecule has 2 aromatic carbocycles. The average molecular weight is 370 g/mol. The molecule has 0 radical (unpaired) electrons. The van der Waals surface area contributed by atoms with Crippen LogP contribution >= 0.6 is 0 Å². The lowest BCUT2D eigenvalue weighted by Crippen LogP contribution is -2.26. The Bertz CT molecular complexity index is 725. The Balaban J connectivity index is 1.91. The second kappa shape index (κ2) is 10.6. The Morgan fingerprint density at radius 3 is 2.19 bits per heavy atom. The fraction of sp³-hybridized carbons (Fsp3) is 0.435. The van der Waals surface area contributed by atoms with Crippen molar-refractivity contribution in [3.8, 4) is 11.5 Å². The standard InChI is InChI=1S/C23H31NO3/c1-5-18-8-12-20(13-9-18)17(4)24-23(25)15-11-19-10-14-21(26-6-2)22(16-19)27-7-3/h8-10,12-14,16-17H,5-7,11,15H2,1-4H3,(H,24,25). The lowest BCUT2D eigenvalue weighted by Gasteiger charge is -2.15. The molecule has 4 heteroatoms. The summed E-state index contributed by atoms with van der Waals surface area (Å²) in [6.07, 6.45) is 2.13. The third-order valence-corrected chi connectivity index (χ3v) is 4.51. The van der Waals surface area contributed by atoms with E-state index >= 15 is 0 Å². The van der Waals surface area contributed by atoms with Gasteiger partial charge in [0.15, 0.2) is 11.5 Å². The highest BCUT2D eigenvalue weighted by Crippen LogP contribution is 2.29. The summed E-state index contributed by atoms with van der Waals surface area (Å²) in [4.78, 5) is 12.3. The number of hydrogen-bond donors (Lipinski definition) is 1. The Hall–Kier alpha value is -2.49. The van der Waals surface area contributed by atoms with Crippen LogP contribution in [0.15, 0.2) is 42.5 Å². The molecule has 1 amide bonds. The minimum atomic E-state index is 0.00252. The lowest BCUT2D eigenvalue weighted by atomic mass is 10.0. The first-order valence-electron chi connectivity index (χ1n) is 9.84. The van der Waals surface area contributed by atoms with Gasteiger partial charge in [-0.05, 0) is 62.4 Å². The highest BCUT2D eigenvalue weighted by molar-refractivity contribution is 5.76. The van der Waals surface area contributed by atoms with Crippen LogP contribution in [0.25, 0.3) is 0 Å². The van der Waals surface area contributed by atoms with Crippen molar-refractivity contribution in [1.82, 2.24) is 5.32 Å². The zero-order valence-corrected chi connectivity index (χ0v) is 16.9. The van der Waals surface area contributed by atoms with Crippen molar-refractivity contribution in [3.63, 3.8) is 0 Å². The van der Waals surface area contributed by atoms with Crippen molar-refractivity contribution in [2.45, 2.75) is 53.0 Å². The van der Waals surface area contributed by atoms with Gasteiger partial charge in [-0.15, -0.1) is 0 Å². The lowest BCUT2D eigenvalue weighted by molar-refractivity contribution is -0.121. The minimum Gasteiger partial charge on any atom is -0.490 e. The molecule has 27 heavy (non-hydrogen) atoms. The first kappa shape index (κ1) is 20.8. The summed E-state index contributed by atoms with van der Waals surface area (Å²) < 4.78 is 11.2. The molecule has 4 nitrogen and oxygen atoms in total. The van der Waals surface area contributed by atoms with Crippen molar-refractivity contribution in [3.05, 3.63) is 59.2 Å². The fourth-order valence-electron chi connectivity index (χ4n) is 2.95. The van der Waals surface area contributed by atoms with Crippen molar-refractivity contribution in [1.29, 1.82) is 0 Å².